The molecule has 1 aromatic heterocycles. The zero-order chi connectivity index (χ0) is 13.9. The van der Waals surface area contributed by atoms with Gasteiger partial charge in [0.15, 0.2) is 0 Å². The lowest BCUT2D eigenvalue weighted by Crippen LogP contribution is -2.44. The summed E-state index contributed by atoms with van der Waals surface area (Å²) in [6.45, 7) is 7.06. The maximum Gasteiger partial charge on any atom is 0.326 e. The fourth-order valence-corrected chi connectivity index (χ4v) is 1.66. The monoisotopic (exact) mass is 250 g/mol. The summed E-state index contributed by atoms with van der Waals surface area (Å²) in [7, 11) is 0. The van der Waals surface area contributed by atoms with Gasteiger partial charge in [-0.15, -0.1) is 0 Å². The van der Waals surface area contributed by atoms with E-state index in [-0.39, 0.29) is 5.92 Å². The van der Waals surface area contributed by atoms with E-state index in [1.54, 1.807) is 32.9 Å². The first-order valence-electron chi connectivity index (χ1n) is 5.81. The first kappa shape index (κ1) is 14.2. The predicted octanol–water partition coefficient (Wildman–Crippen LogP) is 1.54. The van der Waals surface area contributed by atoms with Crippen molar-refractivity contribution >= 4 is 11.9 Å². The van der Waals surface area contributed by atoms with Crippen LogP contribution in [0.2, 0.25) is 0 Å². The first-order chi connectivity index (χ1) is 8.32. The third-order valence-corrected chi connectivity index (χ3v) is 2.69. The third kappa shape index (κ3) is 3.29. The number of aryl methyl sites for hydroxylation is 2. The van der Waals surface area contributed by atoms with Crippen LogP contribution in [-0.2, 0) is 4.79 Å². The highest BCUT2D eigenvalue weighted by Crippen LogP contribution is 2.09. The van der Waals surface area contributed by atoms with Crippen LogP contribution in [0.25, 0.3) is 0 Å². The molecule has 0 saturated heterocycles. The van der Waals surface area contributed by atoms with Gasteiger partial charge in [0.2, 0.25) is 0 Å². The van der Waals surface area contributed by atoms with E-state index in [4.69, 9.17) is 5.11 Å². The smallest absolute Gasteiger partial charge is 0.326 e. The van der Waals surface area contributed by atoms with Gasteiger partial charge >= 0.3 is 5.97 Å². The molecule has 5 nitrogen and oxygen atoms in total. The Morgan fingerprint density at radius 1 is 1.28 bits per heavy atom. The molecule has 0 aliphatic carbocycles. The number of hydrogen-bond acceptors (Lipinski definition) is 3. The largest absolute Gasteiger partial charge is 0.480 e. The van der Waals surface area contributed by atoms with E-state index >= 15 is 0 Å². The van der Waals surface area contributed by atoms with Gasteiger partial charge in [0, 0.05) is 5.69 Å². The Bertz CT molecular complexity index is 469. The number of carbonyl (C=O) groups excluding carboxylic acids is 1. The number of carboxylic acid groups (broad SMARTS) is 1. The van der Waals surface area contributed by atoms with Crippen molar-refractivity contribution in [2.24, 2.45) is 5.92 Å². The molecular formula is C13H18N2O3. The van der Waals surface area contributed by atoms with Crippen molar-refractivity contribution in [2.45, 2.75) is 33.7 Å². The number of nitrogens with zero attached hydrogens (tertiary/aromatic N) is 1. The summed E-state index contributed by atoms with van der Waals surface area (Å²) in [5.74, 6) is -1.61. The van der Waals surface area contributed by atoms with Gasteiger partial charge in [0.1, 0.15) is 6.04 Å². The van der Waals surface area contributed by atoms with Crippen LogP contribution >= 0.6 is 0 Å². The number of carboxylic acids is 1. The van der Waals surface area contributed by atoms with Crippen LogP contribution in [0.15, 0.2) is 12.1 Å². The first-order valence-corrected chi connectivity index (χ1v) is 5.81. The number of carbonyl (C=O) groups is 2. The van der Waals surface area contributed by atoms with E-state index in [1.165, 1.54) is 0 Å². The van der Waals surface area contributed by atoms with Crippen molar-refractivity contribution in [3.8, 4) is 0 Å². The van der Waals surface area contributed by atoms with Crippen LogP contribution in [0.5, 0.6) is 0 Å². The van der Waals surface area contributed by atoms with Gasteiger partial charge in [-0.3, -0.25) is 9.78 Å². The zero-order valence-electron chi connectivity index (χ0n) is 11.0. The molecule has 0 fully saturated rings. The Balaban J connectivity index is 2.91. The van der Waals surface area contributed by atoms with Crippen molar-refractivity contribution < 1.29 is 14.7 Å². The average Bonchev–Trinajstić information content (AvgIpc) is 2.24. The minimum absolute atomic E-state index is 0.176. The number of pyridine rings is 1. The van der Waals surface area contributed by atoms with Crippen LogP contribution < -0.4 is 5.32 Å². The van der Waals surface area contributed by atoms with Crippen molar-refractivity contribution in [1.29, 1.82) is 0 Å². The summed E-state index contributed by atoms with van der Waals surface area (Å²) in [6, 6.07) is 2.50. The number of hydrogen-bond donors (Lipinski definition) is 2. The molecule has 0 aromatic carbocycles. The molecule has 0 saturated carbocycles. The molecule has 1 amide bonds. The van der Waals surface area contributed by atoms with Crippen LogP contribution in [-0.4, -0.2) is 28.0 Å². The molecule has 0 radical (unpaired) electrons. The van der Waals surface area contributed by atoms with Gasteiger partial charge in [0.05, 0.1) is 11.3 Å². The second kappa shape index (κ2) is 5.62. The van der Waals surface area contributed by atoms with Crippen LogP contribution in [0.4, 0.5) is 0 Å². The van der Waals surface area contributed by atoms with Gasteiger partial charge in [-0.05, 0) is 31.9 Å². The molecule has 1 rings (SSSR count). The van der Waals surface area contributed by atoms with Crippen molar-refractivity contribution in [3.05, 3.63) is 29.1 Å². The van der Waals surface area contributed by atoms with Gasteiger partial charge in [-0.25, -0.2) is 4.79 Å². The number of nitrogens with one attached hydrogen (secondary N) is 1. The highest BCUT2D eigenvalue weighted by molar-refractivity contribution is 5.97. The highest BCUT2D eigenvalue weighted by Gasteiger charge is 2.24. The lowest BCUT2D eigenvalue weighted by atomic mass is 10.0. The van der Waals surface area contributed by atoms with Crippen molar-refractivity contribution in [1.82, 2.24) is 10.3 Å². The molecule has 2 N–H and O–H groups in total. The molecule has 18 heavy (non-hydrogen) atoms. The van der Waals surface area contributed by atoms with Crippen LogP contribution in [0.1, 0.15) is 35.6 Å². The van der Waals surface area contributed by atoms with E-state index < -0.39 is 17.9 Å². The summed E-state index contributed by atoms with van der Waals surface area (Å²) >= 11 is 0. The molecule has 0 aliphatic rings. The molecule has 0 aliphatic heterocycles. The fourth-order valence-electron chi connectivity index (χ4n) is 1.66. The molecule has 0 unspecified atom stereocenters. The summed E-state index contributed by atoms with van der Waals surface area (Å²) in [6.07, 6.45) is 0. The van der Waals surface area contributed by atoms with Gasteiger partial charge in [-0.2, -0.15) is 0 Å². The normalized spacial score (nSPS) is 12.3. The summed E-state index contributed by atoms with van der Waals surface area (Å²) in [5.41, 5.74) is 1.83. The number of aliphatic carboxylic acids is 1. The fraction of sp³-hybridized carbons (Fsp3) is 0.462. The SMILES string of the molecule is Cc1ccc(C(=O)N[C@H](C(=O)O)C(C)C)c(C)n1. The standard InChI is InChI=1S/C13H18N2O3/c1-7(2)11(13(17)18)15-12(16)10-6-5-8(3)14-9(10)4/h5-7,11H,1-4H3,(H,15,16)(H,17,18)/t11-/m0/s1. The highest BCUT2D eigenvalue weighted by atomic mass is 16.4. The van der Waals surface area contributed by atoms with Crippen LogP contribution in [0.3, 0.4) is 0 Å². The van der Waals surface area contributed by atoms with Crippen molar-refractivity contribution in [2.75, 3.05) is 0 Å². The van der Waals surface area contributed by atoms with Crippen LogP contribution in [0, 0.1) is 19.8 Å². The molecule has 5 heteroatoms. The average molecular weight is 250 g/mol. The van der Waals surface area contributed by atoms with Crippen molar-refractivity contribution in [3.63, 3.8) is 0 Å². The van der Waals surface area contributed by atoms with E-state index in [0.717, 1.165) is 5.69 Å². The minimum Gasteiger partial charge on any atom is -0.480 e. The number of aromatic nitrogens is 1. The lowest BCUT2D eigenvalue weighted by molar-refractivity contribution is -0.140. The summed E-state index contributed by atoms with van der Waals surface area (Å²) < 4.78 is 0. The molecule has 1 heterocycles. The van der Waals surface area contributed by atoms with Gasteiger partial charge in [0.25, 0.3) is 5.91 Å². The number of amides is 1. The van der Waals surface area contributed by atoms with E-state index in [2.05, 4.69) is 10.3 Å². The van der Waals surface area contributed by atoms with E-state index in [9.17, 15) is 9.59 Å². The Hall–Kier alpha value is -1.91. The molecule has 0 spiro atoms. The topological polar surface area (TPSA) is 79.3 Å². The van der Waals surface area contributed by atoms with Gasteiger partial charge in [-0.1, -0.05) is 13.8 Å². The Kier molecular flexibility index (Phi) is 4.42. The third-order valence-electron chi connectivity index (χ3n) is 2.69. The molecular weight excluding hydrogens is 232 g/mol. The zero-order valence-corrected chi connectivity index (χ0v) is 11.0. The molecule has 1 atom stereocenters. The second-order valence-electron chi connectivity index (χ2n) is 4.62. The van der Waals surface area contributed by atoms with E-state index in [0.29, 0.717) is 11.3 Å². The summed E-state index contributed by atoms with van der Waals surface area (Å²) in [5, 5.41) is 11.5. The quantitative estimate of drug-likeness (QED) is 0.849. The number of rotatable bonds is 4. The van der Waals surface area contributed by atoms with Gasteiger partial charge < -0.3 is 10.4 Å². The Morgan fingerprint density at radius 3 is 2.33 bits per heavy atom. The van der Waals surface area contributed by atoms with E-state index in [1.807, 2.05) is 6.92 Å². The maximum absolute atomic E-state index is 12.0. The molecule has 0 bridgehead atoms. The Labute approximate surface area is 106 Å². The second-order valence-corrected chi connectivity index (χ2v) is 4.62. The molecule has 98 valence electrons. The maximum atomic E-state index is 12.0. The minimum atomic E-state index is -1.03. The lowest BCUT2D eigenvalue weighted by Gasteiger charge is -2.18. The summed E-state index contributed by atoms with van der Waals surface area (Å²) in [4.78, 5) is 27.2. The predicted molar refractivity (Wildman–Crippen MR) is 67.4 cm³/mol. The molecule has 1 aromatic rings. The Morgan fingerprint density at radius 2 is 1.89 bits per heavy atom.